The molecular formula is C21H27N3O4S. The Morgan fingerprint density at radius 1 is 1.03 bits per heavy atom. The summed E-state index contributed by atoms with van der Waals surface area (Å²) in [6, 6.07) is 14.6. The minimum Gasteiger partial charge on any atom is -0.379 e. The Morgan fingerprint density at radius 3 is 2.28 bits per heavy atom. The van der Waals surface area contributed by atoms with Crippen LogP contribution in [0.5, 0.6) is 0 Å². The van der Waals surface area contributed by atoms with E-state index in [1.165, 1.54) is 4.31 Å². The average molecular weight is 418 g/mol. The van der Waals surface area contributed by atoms with Gasteiger partial charge in [0.25, 0.3) is 5.91 Å². The lowest BCUT2D eigenvalue weighted by Gasteiger charge is -2.26. The Balaban J connectivity index is 1.66. The van der Waals surface area contributed by atoms with Crippen LogP contribution in [0, 0.1) is 0 Å². The van der Waals surface area contributed by atoms with E-state index in [4.69, 9.17) is 4.74 Å². The van der Waals surface area contributed by atoms with Gasteiger partial charge in [0.05, 0.1) is 19.0 Å². The number of carbonyl (C=O) groups is 1. The monoisotopic (exact) mass is 417 g/mol. The first kappa shape index (κ1) is 21.3. The molecule has 0 spiro atoms. The first-order valence-electron chi connectivity index (χ1n) is 9.55. The van der Waals surface area contributed by atoms with Gasteiger partial charge in [0.2, 0.25) is 10.0 Å². The first-order chi connectivity index (χ1) is 13.9. The SMILES string of the molecule is CN(C)c1ccc(C(=O)NCc2ccccc2CS(=O)(=O)N2CCOCC2)cc1. The van der Waals surface area contributed by atoms with Crippen LogP contribution in [0.3, 0.4) is 0 Å². The topological polar surface area (TPSA) is 79.0 Å². The van der Waals surface area contributed by atoms with Crippen molar-refractivity contribution in [1.82, 2.24) is 9.62 Å². The van der Waals surface area contributed by atoms with Crippen molar-refractivity contribution in [3.05, 3.63) is 65.2 Å². The van der Waals surface area contributed by atoms with Crippen LogP contribution in [-0.2, 0) is 27.1 Å². The number of hydrogen-bond donors (Lipinski definition) is 1. The van der Waals surface area contributed by atoms with Gasteiger partial charge in [-0.2, -0.15) is 4.31 Å². The summed E-state index contributed by atoms with van der Waals surface area (Å²) in [5.74, 6) is -0.280. The summed E-state index contributed by atoms with van der Waals surface area (Å²) < 4.78 is 32.2. The second kappa shape index (κ2) is 9.39. The minimum atomic E-state index is -3.43. The van der Waals surface area contributed by atoms with E-state index in [9.17, 15) is 13.2 Å². The number of benzene rings is 2. The molecule has 8 heteroatoms. The zero-order chi connectivity index (χ0) is 20.9. The van der Waals surface area contributed by atoms with Gasteiger partial charge in [-0.25, -0.2) is 8.42 Å². The van der Waals surface area contributed by atoms with E-state index >= 15 is 0 Å². The van der Waals surface area contributed by atoms with Gasteiger partial charge >= 0.3 is 0 Å². The van der Waals surface area contributed by atoms with Crippen molar-refractivity contribution >= 4 is 21.6 Å². The minimum absolute atomic E-state index is 0.0867. The van der Waals surface area contributed by atoms with Gasteiger partial charge < -0.3 is 15.0 Å². The second-order valence-corrected chi connectivity index (χ2v) is 9.13. The third-order valence-electron chi connectivity index (χ3n) is 4.91. The summed E-state index contributed by atoms with van der Waals surface area (Å²) in [5, 5.41) is 2.89. The van der Waals surface area contributed by atoms with Gasteiger partial charge in [-0.15, -0.1) is 0 Å². The van der Waals surface area contributed by atoms with Crippen LogP contribution < -0.4 is 10.2 Å². The number of hydrogen-bond acceptors (Lipinski definition) is 5. The van der Waals surface area contributed by atoms with E-state index in [0.29, 0.717) is 37.4 Å². The summed E-state index contributed by atoms with van der Waals surface area (Å²) in [4.78, 5) is 14.4. The fraction of sp³-hybridized carbons (Fsp3) is 0.381. The van der Waals surface area contributed by atoms with Gasteiger partial charge in [-0.3, -0.25) is 4.79 Å². The second-order valence-electron chi connectivity index (χ2n) is 7.16. The molecule has 1 aliphatic rings. The zero-order valence-electron chi connectivity index (χ0n) is 16.8. The lowest BCUT2D eigenvalue weighted by Crippen LogP contribution is -2.41. The number of carbonyl (C=O) groups excluding carboxylic acids is 1. The zero-order valence-corrected chi connectivity index (χ0v) is 17.6. The predicted molar refractivity (Wildman–Crippen MR) is 113 cm³/mol. The van der Waals surface area contributed by atoms with Gasteiger partial charge in [0, 0.05) is 45.0 Å². The molecule has 1 fully saturated rings. The molecule has 1 heterocycles. The molecule has 29 heavy (non-hydrogen) atoms. The summed E-state index contributed by atoms with van der Waals surface area (Å²) >= 11 is 0. The molecule has 0 aromatic heterocycles. The Hall–Kier alpha value is -2.42. The quantitative estimate of drug-likeness (QED) is 0.744. The lowest BCUT2D eigenvalue weighted by molar-refractivity contribution is 0.0729. The molecule has 2 aromatic rings. The Bertz CT molecular complexity index is 937. The highest BCUT2D eigenvalue weighted by atomic mass is 32.2. The fourth-order valence-electron chi connectivity index (χ4n) is 3.17. The standard InChI is InChI=1S/C21H27N3O4S/c1-23(2)20-9-7-17(8-10-20)21(25)22-15-18-5-3-4-6-19(18)16-29(26,27)24-11-13-28-14-12-24/h3-10H,11-16H2,1-2H3,(H,22,25). The molecule has 0 unspecified atom stereocenters. The van der Waals surface area contributed by atoms with Crippen molar-refractivity contribution in [2.45, 2.75) is 12.3 Å². The molecule has 1 aliphatic heterocycles. The first-order valence-corrected chi connectivity index (χ1v) is 11.2. The highest BCUT2D eigenvalue weighted by Crippen LogP contribution is 2.17. The molecule has 3 rings (SSSR count). The smallest absolute Gasteiger partial charge is 0.251 e. The van der Waals surface area contributed by atoms with Crippen molar-refractivity contribution in [2.75, 3.05) is 45.3 Å². The van der Waals surface area contributed by atoms with Crippen molar-refractivity contribution < 1.29 is 17.9 Å². The van der Waals surface area contributed by atoms with Crippen LogP contribution in [0.25, 0.3) is 0 Å². The van der Waals surface area contributed by atoms with Crippen molar-refractivity contribution in [2.24, 2.45) is 0 Å². The van der Waals surface area contributed by atoms with Crippen LogP contribution in [0.15, 0.2) is 48.5 Å². The van der Waals surface area contributed by atoms with Crippen molar-refractivity contribution in [1.29, 1.82) is 0 Å². The largest absolute Gasteiger partial charge is 0.379 e. The molecule has 0 bridgehead atoms. The van der Waals surface area contributed by atoms with E-state index < -0.39 is 10.0 Å². The van der Waals surface area contributed by atoms with Crippen LogP contribution in [-0.4, -0.2) is 59.0 Å². The fourth-order valence-corrected chi connectivity index (χ4v) is 4.73. The number of morpholine rings is 1. The molecule has 0 atom stereocenters. The van der Waals surface area contributed by atoms with E-state index in [2.05, 4.69) is 5.32 Å². The molecule has 2 aromatic carbocycles. The average Bonchev–Trinajstić information content (AvgIpc) is 2.73. The third-order valence-corrected chi connectivity index (χ3v) is 6.73. The van der Waals surface area contributed by atoms with Gasteiger partial charge in [-0.05, 0) is 35.4 Å². The van der Waals surface area contributed by atoms with Crippen LogP contribution >= 0.6 is 0 Å². The Kier molecular flexibility index (Phi) is 6.89. The molecule has 7 nitrogen and oxygen atoms in total. The molecule has 0 radical (unpaired) electrons. The normalized spacial score (nSPS) is 15.1. The van der Waals surface area contributed by atoms with E-state index in [-0.39, 0.29) is 18.2 Å². The highest BCUT2D eigenvalue weighted by molar-refractivity contribution is 7.88. The number of sulfonamides is 1. The number of anilines is 1. The molecule has 0 saturated carbocycles. The Morgan fingerprint density at radius 2 is 1.66 bits per heavy atom. The van der Waals surface area contributed by atoms with Crippen LogP contribution in [0.1, 0.15) is 21.5 Å². The summed E-state index contributed by atoms with van der Waals surface area (Å²) in [6.45, 7) is 1.87. The molecule has 156 valence electrons. The number of nitrogens with zero attached hydrogens (tertiary/aromatic N) is 2. The third kappa shape index (κ3) is 5.56. The van der Waals surface area contributed by atoms with E-state index in [0.717, 1.165) is 11.3 Å². The van der Waals surface area contributed by atoms with Crippen LogP contribution in [0.4, 0.5) is 5.69 Å². The molecule has 1 N–H and O–H groups in total. The highest BCUT2D eigenvalue weighted by Gasteiger charge is 2.25. The van der Waals surface area contributed by atoms with Crippen LogP contribution in [0.2, 0.25) is 0 Å². The van der Waals surface area contributed by atoms with Gasteiger partial charge in [0.1, 0.15) is 0 Å². The maximum Gasteiger partial charge on any atom is 0.251 e. The number of rotatable bonds is 7. The molecule has 1 amide bonds. The van der Waals surface area contributed by atoms with Crippen molar-refractivity contribution in [3.63, 3.8) is 0 Å². The van der Waals surface area contributed by atoms with Crippen molar-refractivity contribution in [3.8, 4) is 0 Å². The molecular weight excluding hydrogens is 390 g/mol. The predicted octanol–water partition coefficient (Wildman–Crippen LogP) is 1.84. The number of nitrogens with one attached hydrogen (secondary N) is 1. The van der Waals surface area contributed by atoms with Gasteiger partial charge in [0.15, 0.2) is 0 Å². The number of amides is 1. The summed E-state index contributed by atoms with van der Waals surface area (Å²) in [5.41, 5.74) is 3.07. The summed E-state index contributed by atoms with van der Waals surface area (Å²) in [7, 11) is 0.456. The van der Waals surface area contributed by atoms with E-state index in [1.54, 1.807) is 18.2 Å². The molecule has 1 saturated heterocycles. The molecule has 0 aliphatic carbocycles. The van der Waals surface area contributed by atoms with E-state index in [1.807, 2.05) is 49.3 Å². The summed E-state index contributed by atoms with van der Waals surface area (Å²) in [6.07, 6.45) is 0. The van der Waals surface area contributed by atoms with Gasteiger partial charge in [-0.1, -0.05) is 24.3 Å². The maximum atomic E-state index is 12.7. The lowest BCUT2D eigenvalue weighted by atomic mass is 10.1. The number of ether oxygens (including phenoxy) is 1. The maximum absolute atomic E-state index is 12.7. The Labute approximate surface area is 172 Å².